The van der Waals surface area contributed by atoms with Gasteiger partial charge in [-0.15, -0.1) is 35.7 Å². The molecule has 5 nitrogen and oxygen atoms in total. The van der Waals surface area contributed by atoms with E-state index in [1.54, 1.807) is 30.9 Å². The first-order valence-electron chi connectivity index (χ1n) is 8.75. The first-order valence-corrected chi connectivity index (χ1v) is 9.74. The Balaban J connectivity index is 0.00000364. The summed E-state index contributed by atoms with van der Waals surface area (Å²) in [6.07, 6.45) is 0.899. The molecule has 1 aromatic carbocycles. The fourth-order valence-electron chi connectivity index (χ4n) is 2.77. The standard InChI is InChI=1S/C19H28FN5S.HI/c1-13(12-18-14(2)24-25(5)15(18)3)23-19(21-4)22-10-11-26-17-8-6-16(20)7-9-17;/h6-9,13H,10-12H2,1-5H3,(H2,21,22,23);1H. The van der Waals surface area contributed by atoms with Gasteiger partial charge in [0, 0.05) is 43.0 Å². The molecule has 0 amide bonds. The normalized spacial score (nSPS) is 12.4. The van der Waals surface area contributed by atoms with Crippen molar-refractivity contribution in [2.24, 2.45) is 12.0 Å². The Morgan fingerprint density at radius 3 is 2.52 bits per heavy atom. The number of nitrogens with one attached hydrogen (secondary N) is 2. The highest BCUT2D eigenvalue weighted by Gasteiger charge is 2.13. The van der Waals surface area contributed by atoms with Gasteiger partial charge in [0.1, 0.15) is 5.82 Å². The Bertz CT molecular complexity index is 745. The smallest absolute Gasteiger partial charge is 0.191 e. The van der Waals surface area contributed by atoms with Crippen LogP contribution in [-0.2, 0) is 13.5 Å². The van der Waals surface area contributed by atoms with Gasteiger partial charge in [-0.3, -0.25) is 9.67 Å². The molecule has 2 rings (SSSR count). The quantitative estimate of drug-likeness (QED) is 0.198. The van der Waals surface area contributed by atoms with Gasteiger partial charge in [-0.2, -0.15) is 5.10 Å². The molecule has 150 valence electrons. The highest BCUT2D eigenvalue weighted by atomic mass is 127. The third-order valence-electron chi connectivity index (χ3n) is 4.25. The van der Waals surface area contributed by atoms with Gasteiger partial charge in [0.05, 0.1) is 5.69 Å². The molecule has 8 heteroatoms. The maximum Gasteiger partial charge on any atom is 0.191 e. The Hall–Kier alpha value is -1.29. The lowest BCUT2D eigenvalue weighted by Crippen LogP contribution is -2.43. The van der Waals surface area contributed by atoms with Crippen LogP contribution in [0.4, 0.5) is 4.39 Å². The number of rotatable bonds is 7. The predicted octanol–water partition coefficient (Wildman–Crippen LogP) is 3.68. The Morgan fingerprint density at radius 2 is 1.96 bits per heavy atom. The molecule has 0 saturated carbocycles. The number of benzene rings is 1. The number of guanidine groups is 1. The number of aliphatic imine (C=N–C) groups is 1. The van der Waals surface area contributed by atoms with Gasteiger partial charge in [-0.25, -0.2) is 4.39 Å². The molecule has 1 aromatic heterocycles. The van der Waals surface area contributed by atoms with Crippen molar-refractivity contribution in [3.8, 4) is 0 Å². The van der Waals surface area contributed by atoms with Gasteiger partial charge in [0.2, 0.25) is 0 Å². The fraction of sp³-hybridized carbons (Fsp3) is 0.474. The molecule has 0 aliphatic carbocycles. The summed E-state index contributed by atoms with van der Waals surface area (Å²) in [5.74, 6) is 1.46. The van der Waals surface area contributed by atoms with Crippen LogP contribution in [0.1, 0.15) is 23.9 Å². The molecule has 0 aliphatic heterocycles. The van der Waals surface area contributed by atoms with E-state index in [0.717, 1.165) is 35.3 Å². The van der Waals surface area contributed by atoms with E-state index in [2.05, 4.69) is 41.5 Å². The number of halogens is 2. The minimum atomic E-state index is -0.204. The van der Waals surface area contributed by atoms with Gasteiger partial charge in [0.15, 0.2) is 5.96 Å². The fourth-order valence-corrected chi connectivity index (χ4v) is 3.54. The monoisotopic (exact) mass is 505 g/mol. The van der Waals surface area contributed by atoms with Crippen LogP contribution in [-0.4, -0.2) is 41.1 Å². The predicted molar refractivity (Wildman–Crippen MR) is 123 cm³/mol. The van der Waals surface area contributed by atoms with Crippen molar-refractivity contribution in [2.75, 3.05) is 19.3 Å². The van der Waals surface area contributed by atoms with Gasteiger partial charge in [-0.05, 0) is 57.0 Å². The minimum Gasteiger partial charge on any atom is -0.356 e. The minimum absolute atomic E-state index is 0. The second-order valence-electron chi connectivity index (χ2n) is 6.32. The number of thioether (sulfide) groups is 1. The van der Waals surface area contributed by atoms with Crippen molar-refractivity contribution >= 4 is 41.7 Å². The van der Waals surface area contributed by atoms with E-state index in [1.807, 2.05) is 11.7 Å². The Labute approximate surface area is 182 Å². The van der Waals surface area contributed by atoms with E-state index in [-0.39, 0.29) is 35.8 Å². The van der Waals surface area contributed by atoms with Crippen molar-refractivity contribution in [2.45, 2.75) is 38.1 Å². The van der Waals surface area contributed by atoms with Gasteiger partial charge in [0.25, 0.3) is 0 Å². The third kappa shape index (κ3) is 7.33. The van der Waals surface area contributed by atoms with Gasteiger partial charge < -0.3 is 10.6 Å². The molecule has 0 saturated heterocycles. The van der Waals surface area contributed by atoms with E-state index in [4.69, 9.17) is 0 Å². The van der Waals surface area contributed by atoms with Crippen molar-refractivity contribution in [1.82, 2.24) is 20.4 Å². The third-order valence-corrected chi connectivity index (χ3v) is 5.27. The van der Waals surface area contributed by atoms with Crippen LogP contribution in [0, 0.1) is 19.7 Å². The van der Waals surface area contributed by atoms with E-state index in [9.17, 15) is 4.39 Å². The van der Waals surface area contributed by atoms with Crippen LogP contribution in [0.25, 0.3) is 0 Å². The molecule has 0 radical (unpaired) electrons. The second-order valence-corrected chi connectivity index (χ2v) is 7.49. The molecule has 0 bridgehead atoms. The topological polar surface area (TPSA) is 54.2 Å². The van der Waals surface area contributed by atoms with Crippen LogP contribution in [0.5, 0.6) is 0 Å². The summed E-state index contributed by atoms with van der Waals surface area (Å²) in [4.78, 5) is 5.35. The number of aromatic nitrogens is 2. The second kappa shape index (κ2) is 11.5. The number of hydrogen-bond acceptors (Lipinski definition) is 3. The molecule has 1 unspecified atom stereocenters. The number of aryl methyl sites for hydroxylation is 2. The molecule has 1 atom stereocenters. The molecule has 2 aromatic rings. The molecule has 0 fully saturated rings. The summed E-state index contributed by atoms with van der Waals surface area (Å²) in [6.45, 7) is 7.07. The van der Waals surface area contributed by atoms with Crippen LogP contribution < -0.4 is 10.6 Å². The molecule has 1 heterocycles. The Kier molecular flexibility index (Phi) is 10.1. The Morgan fingerprint density at radius 1 is 1.30 bits per heavy atom. The zero-order chi connectivity index (χ0) is 19.1. The maximum atomic E-state index is 12.9. The number of hydrogen-bond donors (Lipinski definition) is 2. The lowest BCUT2D eigenvalue weighted by atomic mass is 10.1. The summed E-state index contributed by atoms with van der Waals surface area (Å²) < 4.78 is 14.8. The average Bonchev–Trinajstić information content (AvgIpc) is 2.85. The molecule has 2 N–H and O–H groups in total. The summed E-state index contributed by atoms with van der Waals surface area (Å²) in [5, 5.41) is 11.2. The first kappa shape index (κ1) is 23.7. The molecule has 0 spiro atoms. The zero-order valence-corrected chi connectivity index (χ0v) is 19.7. The highest BCUT2D eigenvalue weighted by Crippen LogP contribution is 2.17. The van der Waals surface area contributed by atoms with E-state index in [1.165, 1.54) is 23.4 Å². The SMILES string of the molecule is CN=C(NCCSc1ccc(F)cc1)NC(C)Cc1c(C)nn(C)c1C.I. The van der Waals surface area contributed by atoms with Crippen molar-refractivity contribution < 1.29 is 4.39 Å². The molecular weight excluding hydrogens is 476 g/mol. The summed E-state index contributed by atoms with van der Waals surface area (Å²) in [7, 11) is 3.75. The number of nitrogens with zero attached hydrogens (tertiary/aromatic N) is 3. The van der Waals surface area contributed by atoms with E-state index < -0.39 is 0 Å². The van der Waals surface area contributed by atoms with Crippen LogP contribution in [0.15, 0.2) is 34.2 Å². The van der Waals surface area contributed by atoms with Crippen LogP contribution in [0.3, 0.4) is 0 Å². The molecule has 27 heavy (non-hydrogen) atoms. The van der Waals surface area contributed by atoms with Crippen LogP contribution >= 0.6 is 35.7 Å². The summed E-state index contributed by atoms with van der Waals surface area (Å²) in [6, 6.07) is 6.81. The average molecular weight is 505 g/mol. The molecular formula is C19H29FIN5S. The van der Waals surface area contributed by atoms with Crippen molar-refractivity contribution in [3.05, 3.63) is 47.0 Å². The van der Waals surface area contributed by atoms with Crippen LogP contribution in [0.2, 0.25) is 0 Å². The largest absolute Gasteiger partial charge is 0.356 e. The summed E-state index contributed by atoms with van der Waals surface area (Å²) in [5.41, 5.74) is 3.57. The first-order chi connectivity index (χ1) is 12.4. The van der Waals surface area contributed by atoms with E-state index >= 15 is 0 Å². The van der Waals surface area contributed by atoms with Crippen molar-refractivity contribution in [1.29, 1.82) is 0 Å². The summed E-state index contributed by atoms with van der Waals surface area (Å²) >= 11 is 1.69. The lowest BCUT2D eigenvalue weighted by Gasteiger charge is -2.18. The zero-order valence-electron chi connectivity index (χ0n) is 16.5. The van der Waals surface area contributed by atoms with E-state index in [0.29, 0.717) is 0 Å². The lowest BCUT2D eigenvalue weighted by molar-refractivity contribution is 0.626. The van der Waals surface area contributed by atoms with Crippen molar-refractivity contribution in [3.63, 3.8) is 0 Å². The van der Waals surface area contributed by atoms with Gasteiger partial charge >= 0.3 is 0 Å². The maximum absolute atomic E-state index is 12.9. The van der Waals surface area contributed by atoms with Gasteiger partial charge in [-0.1, -0.05) is 0 Å². The highest BCUT2D eigenvalue weighted by molar-refractivity contribution is 14.0. The molecule has 0 aliphatic rings.